The van der Waals surface area contributed by atoms with Crippen LogP contribution in [0.2, 0.25) is 0 Å². The lowest BCUT2D eigenvalue weighted by molar-refractivity contribution is 0.0996. The topological polar surface area (TPSA) is 61.4 Å². The van der Waals surface area contributed by atoms with Crippen molar-refractivity contribution in [2.75, 3.05) is 19.6 Å². The summed E-state index contributed by atoms with van der Waals surface area (Å²) < 4.78 is 29.6. The van der Waals surface area contributed by atoms with Gasteiger partial charge in [-0.05, 0) is 25.7 Å². The summed E-state index contributed by atoms with van der Waals surface area (Å²) in [5, 5.41) is 3.38. The lowest BCUT2D eigenvalue weighted by atomic mass is 9.80. The van der Waals surface area contributed by atoms with Gasteiger partial charge in [0.1, 0.15) is 0 Å². The monoisotopic (exact) mass is 273 g/mol. The molecule has 0 radical (unpaired) electrons. The molecule has 6 heteroatoms. The number of hydrogen-bond donors (Lipinski definition) is 2. The van der Waals surface area contributed by atoms with Crippen molar-refractivity contribution in [1.29, 1.82) is 0 Å². The van der Waals surface area contributed by atoms with E-state index in [2.05, 4.69) is 10.0 Å². The van der Waals surface area contributed by atoms with Gasteiger partial charge in [0, 0.05) is 31.2 Å². The summed E-state index contributed by atoms with van der Waals surface area (Å²) in [7, 11) is -3.28. The van der Waals surface area contributed by atoms with Gasteiger partial charge in [-0.15, -0.1) is 0 Å². The second-order valence-corrected chi connectivity index (χ2v) is 7.56. The first kappa shape index (κ1) is 12.8. The minimum atomic E-state index is -3.28. The van der Waals surface area contributed by atoms with Gasteiger partial charge < -0.3 is 5.32 Å². The molecule has 2 aliphatic carbocycles. The molecule has 0 aromatic carbocycles. The number of piperazine rings is 1. The molecule has 2 saturated carbocycles. The van der Waals surface area contributed by atoms with Crippen LogP contribution in [-0.4, -0.2) is 43.9 Å². The molecule has 1 saturated heterocycles. The van der Waals surface area contributed by atoms with Gasteiger partial charge in [0.2, 0.25) is 0 Å². The smallest absolute Gasteiger partial charge is 0.280 e. The van der Waals surface area contributed by atoms with E-state index in [1.165, 1.54) is 6.42 Å². The van der Waals surface area contributed by atoms with E-state index in [9.17, 15) is 8.42 Å². The van der Waals surface area contributed by atoms with Crippen LogP contribution >= 0.6 is 0 Å². The Morgan fingerprint density at radius 2 is 1.89 bits per heavy atom. The van der Waals surface area contributed by atoms with E-state index in [-0.39, 0.29) is 11.6 Å². The highest BCUT2D eigenvalue weighted by molar-refractivity contribution is 7.87. The van der Waals surface area contributed by atoms with E-state index in [1.807, 2.05) is 0 Å². The van der Waals surface area contributed by atoms with Crippen LogP contribution < -0.4 is 10.0 Å². The maximum atomic E-state index is 12.5. The van der Waals surface area contributed by atoms with Crippen molar-refractivity contribution in [2.24, 2.45) is 0 Å². The van der Waals surface area contributed by atoms with Crippen molar-refractivity contribution in [1.82, 2.24) is 14.3 Å². The molecule has 0 aromatic rings. The van der Waals surface area contributed by atoms with Crippen molar-refractivity contribution in [3.63, 3.8) is 0 Å². The number of nitrogens with one attached hydrogen (secondary N) is 2. The van der Waals surface area contributed by atoms with E-state index < -0.39 is 10.2 Å². The molecular weight excluding hydrogens is 250 g/mol. The fourth-order valence-electron chi connectivity index (χ4n) is 3.31. The van der Waals surface area contributed by atoms with E-state index >= 15 is 0 Å². The molecule has 0 amide bonds. The quantitative estimate of drug-likeness (QED) is 0.791. The second kappa shape index (κ2) is 4.74. The predicted molar refractivity (Wildman–Crippen MR) is 70.5 cm³/mol. The van der Waals surface area contributed by atoms with E-state index in [1.54, 1.807) is 4.31 Å². The van der Waals surface area contributed by atoms with Crippen molar-refractivity contribution in [3.8, 4) is 0 Å². The summed E-state index contributed by atoms with van der Waals surface area (Å²) in [4.78, 5) is 0. The minimum absolute atomic E-state index is 0.156. The molecule has 0 aromatic heterocycles. The molecule has 2 N–H and O–H groups in total. The number of hydrogen-bond acceptors (Lipinski definition) is 3. The summed E-state index contributed by atoms with van der Waals surface area (Å²) in [5.41, 5.74) is -0.156. The van der Waals surface area contributed by atoms with Gasteiger partial charge in [0.05, 0.1) is 0 Å². The van der Waals surface area contributed by atoms with Crippen LogP contribution in [0.15, 0.2) is 0 Å². The Hall–Kier alpha value is -0.170. The fourth-order valence-corrected chi connectivity index (χ4v) is 5.19. The Balaban J connectivity index is 1.81. The average Bonchev–Trinajstić information content (AvgIpc) is 3.13. The van der Waals surface area contributed by atoms with Crippen LogP contribution in [-0.2, 0) is 10.2 Å². The highest BCUT2D eigenvalue weighted by Crippen LogP contribution is 2.36. The molecule has 0 unspecified atom stereocenters. The fraction of sp³-hybridized carbons (Fsp3) is 1.00. The van der Waals surface area contributed by atoms with Crippen molar-refractivity contribution < 1.29 is 8.42 Å². The zero-order chi connectivity index (χ0) is 12.6. The molecular formula is C12H23N3O2S. The van der Waals surface area contributed by atoms with Crippen molar-refractivity contribution in [3.05, 3.63) is 0 Å². The predicted octanol–water partition coefficient (Wildman–Crippen LogP) is 0.591. The standard InChI is InChI=1S/C12H23N3O2S/c16-18(17,14-11-4-5-11)15-9-8-13-10-12(15)6-2-1-3-7-12/h11,13-14H,1-10H2. The Morgan fingerprint density at radius 1 is 1.17 bits per heavy atom. The summed E-state index contributed by atoms with van der Waals surface area (Å²) in [6, 6.07) is 0.200. The number of nitrogens with zero attached hydrogens (tertiary/aromatic N) is 1. The van der Waals surface area contributed by atoms with Crippen molar-refractivity contribution in [2.45, 2.75) is 56.5 Å². The molecule has 1 aliphatic heterocycles. The molecule has 3 aliphatic rings. The largest absolute Gasteiger partial charge is 0.314 e. The molecule has 0 atom stereocenters. The zero-order valence-electron chi connectivity index (χ0n) is 10.8. The lowest BCUT2D eigenvalue weighted by Crippen LogP contribution is -2.65. The lowest BCUT2D eigenvalue weighted by Gasteiger charge is -2.48. The normalized spacial score (nSPS) is 29.6. The third kappa shape index (κ3) is 2.43. The van der Waals surface area contributed by atoms with Gasteiger partial charge in [-0.2, -0.15) is 17.4 Å². The first-order valence-corrected chi connectivity index (χ1v) is 8.57. The van der Waals surface area contributed by atoms with Crippen molar-refractivity contribution >= 4 is 10.2 Å². The third-order valence-electron chi connectivity index (χ3n) is 4.44. The highest BCUT2D eigenvalue weighted by atomic mass is 32.2. The van der Waals surface area contributed by atoms with Crippen LogP contribution in [0.25, 0.3) is 0 Å². The van der Waals surface area contributed by atoms with Crippen LogP contribution in [0, 0.1) is 0 Å². The van der Waals surface area contributed by atoms with Crippen LogP contribution in [0.1, 0.15) is 44.9 Å². The third-order valence-corrected chi connectivity index (χ3v) is 6.22. The molecule has 0 bridgehead atoms. The van der Waals surface area contributed by atoms with Crippen LogP contribution in [0.4, 0.5) is 0 Å². The average molecular weight is 273 g/mol. The molecule has 18 heavy (non-hydrogen) atoms. The first-order valence-electron chi connectivity index (χ1n) is 7.13. The van der Waals surface area contributed by atoms with Gasteiger partial charge in [-0.25, -0.2) is 0 Å². The zero-order valence-corrected chi connectivity index (χ0v) is 11.6. The summed E-state index contributed by atoms with van der Waals surface area (Å²) in [6.45, 7) is 2.20. The Bertz CT molecular complexity index is 391. The van der Waals surface area contributed by atoms with E-state index in [0.29, 0.717) is 6.54 Å². The summed E-state index contributed by atoms with van der Waals surface area (Å²) >= 11 is 0. The molecule has 5 nitrogen and oxygen atoms in total. The minimum Gasteiger partial charge on any atom is -0.314 e. The van der Waals surface area contributed by atoms with Gasteiger partial charge in [0.15, 0.2) is 0 Å². The van der Waals surface area contributed by atoms with E-state index in [0.717, 1.165) is 51.6 Å². The van der Waals surface area contributed by atoms with Gasteiger partial charge in [0.25, 0.3) is 10.2 Å². The van der Waals surface area contributed by atoms with Crippen LogP contribution in [0.3, 0.4) is 0 Å². The maximum Gasteiger partial charge on any atom is 0.280 e. The molecule has 3 fully saturated rings. The summed E-state index contributed by atoms with van der Waals surface area (Å²) in [5.74, 6) is 0. The SMILES string of the molecule is O=S(=O)(NC1CC1)N1CCNCC12CCCCC2. The molecule has 1 heterocycles. The van der Waals surface area contributed by atoms with Gasteiger partial charge in [-0.1, -0.05) is 19.3 Å². The summed E-state index contributed by atoms with van der Waals surface area (Å²) in [6.07, 6.45) is 7.55. The Labute approximate surface area is 109 Å². The Morgan fingerprint density at radius 3 is 2.56 bits per heavy atom. The van der Waals surface area contributed by atoms with Gasteiger partial charge >= 0.3 is 0 Å². The molecule has 104 valence electrons. The van der Waals surface area contributed by atoms with Crippen LogP contribution in [0.5, 0.6) is 0 Å². The number of rotatable bonds is 3. The van der Waals surface area contributed by atoms with E-state index in [4.69, 9.17) is 0 Å². The highest BCUT2D eigenvalue weighted by Gasteiger charge is 2.46. The Kier molecular flexibility index (Phi) is 3.38. The molecule has 3 rings (SSSR count). The van der Waals surface area contributed by atoms with Gasteiger partial charge in [-0.3, -0.25) is 0 Å². The first-order chi connectivity index (χ1) is 8.62. The molecule has 1 spiro atoms. The second-order valence-electron chi connectivity index (χ2n) is 5.93. The maximum absolute atomic E-state index is 12.5.